The van der Waals surface area contributed by atoms with Crippen LogP contribution in [0.2, 0.25) is 5.02 Å². The molecule has 2 aromatic heterocycles. The highest BCUT2D eigenvalue weighted by Crippen LogP contribution is 2.24. The second-order valence-electron chi connectivity index (χ2n) is 4.53. The van der Waals surface area contributed by atoms with Gasteiger partial charge in [-0.2, -0.15) is 4.52 Å². The van der Waals surface area contributed by atoms with Crippen molar-refractivity contribution in [1.82, 2.24) is 9.03 Å². The number of halogens is 2. The van der Waals surface area contributed by atoms with Gasteiger partial charge in [-0.3, -0.25) is 9.59 Å². The maximum Gasteiger partial charge on any atom is 0.283 e. The number of hydrogen-bond donors (Lipinski definition) is 0. The van der Waals surface area contributed by atoms with Gasteiger partial charge in [-0.05, 0) is 46.3 Å². The molecule has 0 aliphatic rings. The molecule has 0 amide bonds. The van der Waals surface area contributed by atoms with Gasteiger partial charge < -0.3 is 0 Å². The van der Waals surface area contributed by atoms with Crippen molar-refractivity contribution < 1.29 is 0 Å². The normalized spacial score (nSPS) is 11.9. The first-order valence-electron chi connectivity index (χ1n) is 5.86. The summed E-state index contributed by atoms with van der Waals surface area (Å²) in [5.41, 5.74) is 0.684. The lowest BCUT2D eigenvalue weighted by Crippen LogP contribution is -2.21. The lowest BCUT2D eigenvalue weighted by Gasteiger charge is -1.95. The predicted octanol–water partition coefficient (Wildman–Crippen LogP) is 2.92. The fourth-order valence-corrected chi connectivity index (χ4v) is 3.30. The Morgan fingerprint density at radius 1 is 0.950 bits per heavy atom. The number of rotatable bonds is 0. The predicted molar refractivity (Wildman–Crippen MR) is 82.3 cm³/mol. The van der Waals surface area contributed by atoms with Crippen LogP contribution in [0.15, 0.2) is 50.5 Å². The molecule has 0 bridgehead atoms. The van der Waals surface area contributed by atoms with Gasteiger partial charge in [0.1, 0.15) is 0 Å². The molecule has 0 saturated carbocycles. The maximum absolute atomic E-state index is 12.5. The molecular weight excluding hydrogens is 344 g/mol. The zero-order valence-electron chi connectivity index (χ0n) is 9.93. The lowest BCUT2D eigenvalue weighted by molar-refractivity contribution is 0.841. The van der Waals surface area contributed by atoms with Gasteiger partial charge in [0, 0.05) is 9.50 Å². The molecule has 0 N–H and O–H groups in total. The van der Waals surface area contributed by atoms with Crippen molar-refractivity contribution in [3.63, 3.8) is 0 Å². The highest BCUT2D eigenvalue weighted by molar-refractivity contribution is 9.10. The second kappa shape index (κ2) is 3.84. The largest absolute Gasteiger partial charge is 0.283 e. The Bertz CT molecular complexity index is 1110. The molecule has 0 fully saturated rings. The monoisotopic (exact) mass is 348 g/mol. The highest BCUT2D eigenvalue weighted by atomic mass is 79.9. The Morgan fingerprint density at radius 2 is 1.75 bits per heavy atom. The first kappa shape index (κ1) is 11.9. The quantitative estimate of drug-likeness (QED) is 0.490. The van der Waals surface area contributed by atoms with E-state index in [2.05, 4.69) is 15.9 Å². The molecular formula is C14H6BrClN2O2. The average Bonchev–Trinajstić information content (AvgIpc) is 2.87. The third-order valence-corrected chi connectivity index (χ3v) is 4.33. The Balaban J connectivity index is 2.47. The molecule has 2 aromatic carbocycles. The van der Waals surface area contributed by atoms with Crippen LogP contribution in [-0.4, -0.2) is 9.03 Å². The van der Waals surface area contributed by atoms with E-state index in [1.807, 2.05) is 12.1 Å². The van der Waals surface area contributed by atoms with E-state index in [9.17, 15) is 9.59 Å². The molecule has 0 saturated heterocycles. The zero-order valence-corrected chi connectivity index (χ0v) is 12.3. The summed E-state index contributed by atoms with van der Waals surface area (Å²) in [4.78, 5) is 24.9. The van der Waals surface area contributed by atoms with Gasteiger partial charge in [-0.25, -0.2) is 4.52 Å². The molecule has 4 nitrogen and oxygen atoms in total. The minimum absolute atomic E-state index is 0.329. The summed E-state index contributed by atoms with van der Waals surface area (Å²) in [7, 11) is 0. The first-order valence-corrected chi connectivity index (χ1v) is 7.03. The van der Waals surface area contributed by atoms with Gasteiger partial charge in [0.25, 0.3) is 11.1 Å². The molecule has 0 radical (unpaired) electrons. The summed E-state index contributed by atoms with van der Waals surface area (Å²) in [6.07, 6.45) is 0. The molecule has 4 aromatic rings. The van der Waals surface area contributed by atoms with Crippen LogP contribution in [0.25, 0.3) is 21.8 Å². The number of fused-ring (bicyclic) bond motifs is 5. The van der Waals surface area contributed by atoms with Crippen LogP contribution in [-0.2, 0) is 0 Å². The Kier molecular flexibility index (Phi) is 2.29. The summed E-state index contributed by atoms with van der Waals surface area (Å²) in [5, 5.41) is 1.42. The van der Waals surface area contributed by atoms with Crippen LogP contribution in [0.3, 0.4) is 0 Å². The maximum atomic E-state index is 12.5. The van der Waals surface area contributed by atoms with Gasteiger partial charge in [0.05, 0.1) is 21.8 Å². The van der Waals surface area contributed by atoms with Gasteiger partial charge >= 0.3 is 0 Å². The number of hydrogen-bond acceptors (Lipinski definition) is 2. The van der Waals surface area contributed by atoms with Crippen molar-refractivity contribution in [1.29, 1.82) is 0 Å². The molecule has 0 aliphatic carbocycles. The van der Waals surface area contributed by atoms with Crippen LogP contribution in [0.5, 0.6) is 0 Å². The average molecular weight is 350 g/mol. The topological polar surface area (TPSA) is 43.0 Å². The van der Waals surface area contributed by atoms with Gasteiger partial charge in [-0.15, -0.1) is 0 Å². The first-order chi connectivity index (χ1) is 9.59. The molecule has 4 rings (SSSR count). The number of nitrogens with zero attached hydrogens (tertiary/aromatic N) is 2. The van der Waals surface area contributed by atoms with E-state index in [0.717, 1.165) is 4.52 Å². The van der Waals surface area contributed by atoms with Crippen LogP contribution in [0.4, 0.5) is 0 Å². The minimum Gasteiger partial charge on any atom is -0.267 e. The van der Waals surface area contributed by atoms with Crippen molar-refractivity contribution in [2.45, 2.75) is 0 Å². The fourth-order valence-electron chi connectivity index (χ4n) is 2.60. The van der Waals surface area contributed by atoms with E-state index in [1.165, 1.54) is 0 Å². The Labute approximate surface area is 125 Å². The third kappa shape index (κ3) is 1.31. The molecule has 6 heteroatoms. The van der Waals surface area contributed by atoms with E-state index < -0.39 is 0 Å². The summed E-state index contributed by atoms with van der Waals surface area (Å²) < 4.78 is 3.46. The summed E-state index contributed by atoms with van der Waals surface area (Å²) in [5.74, 6) is 0. The second-order valence-corrected chi connectivity index (χ2v) is 5.82. The van der Waals surface area contributed by atoms with Crippen molar-refractivity contribution in [3.8, 4) is 0 Å². The summed E-state index contributed by atoms with van der Waals surface area (Å²) in [6, 6.07) is 10.5. The van der Waals surface area contributed by atoms with Crippen molar-refractivity contribution in [2.24, 2.45) is 0 Å². The summed E-state index contributed by atoms with van der Waals surface area (Å²) in [6.45, 7) is 0. The summed E-state index contributed by atoms with van der Waals surface area (Å²) >= 11 is 9.29. The van der Waals surface area contributed by atoms with Crippen LogP contribution in [0.1, 0.15) is 0 Å². The SMILES string of the molecule is O=c1c2cc(Cl)ccc2n2c3cccc(Br)c3c(=O)n12. The van der Waals surface area contributed by atoms with Crippen molar-refractivity contribution in [2.75, 3.05) is 0 Å². The lowest BCUT2D eigenvalue weighted by atomic mass is 10.2. The minimum atomic E-state index is -0.351. The third-order valence-electron chi connectivity index (χ3n) is 3.44. The Hall–Kier alpha value is -1.85. The molecule has 0 atom stereocenters. The van der Waals surface area contributed by atoms with Gasteiger partial charge in [0.15, 0.2) is 0 Å². The molecule has 0 unspecified atom stereocenters. The fraction of sp³-hybridized carbons (Fsp3) is 0. The molecule has 20 heavy (non-hydrogen) atoms. The highest BCUT2D eigenvalue weighted by Gasteiger charge is 2.18. The van der Waals surface area contributed by atoms with Crippen molar-refractivity contribution in [3.05, 3.63) is 66.6 Å². The molecule has 0 aliphatic heterocycles. The smallest absolute Gasteiger partial charge is 0.267 e. The van der Waals surface area contributed by atoms with E-state index in [4.69, 9.17) is 11.6 Å². The van der Waals surface area contributed by atoms with E-state index >= 15 is 0 Å². The van der Waals surface area contributed by atoms with Crippen LogP contribution < -0.4 is 11.1 Å². The van der Waals surface area contributed by atoms with Crippen LogP contribution >= 0.6 is 27.5 Å². The number of aromatic nitrogens is 2. The Morgan fingerprint density at radius 3 is 2.55 bits per heavy atom. The van der Waals surface area contributed by atoms with E-state index in [0.29, 0.717) is 31.3 Å². The van der Waals surface area contributed by atoms with Gasteiger partial charge in [-0.1, -0.05) is 17.7 Å². The van der Waals surface area contributed by atoms with Gasteiger partial charge in [0.2, 0.25) is 0 Å². The molecule has 2 heterocycles. The molecule has 98 valence electrons. The van der Waals surface area contributed by atoms with E-state index in [1.54, 1.807) is 28.8 Å². The zero-order chi connectivity index (χ0) is 14.0. The molecule has 0 spiro atoms. The number of benzene rings is 2. The van der Waals surface area contributed by atoms with Crippen LogP contribution in [0, 0.1) is 0 Å². The van der Waals surface area contributed by atoms with Crippen molar-refractivity contribution >= 4 is 49.3 Å². The van der Waals surface area contributed by atoms with E-state index in [-0.39, 0.29) is 11.1 Å². The standard InChI is InChI=1S/C14H6BrClN2O2/c15-9-2-1-3-11-12(9)14(20)18-13(19)8-6-7(16)4-5-10(8)17(11)18/h1-6H.